The molecule has 1 amide bonds. The van der Waals surface area contributed by atoms with Crippen molar-refractivity contribution in [1.82, 2.24) is 4.98 Å². The first kappa shape index (κ1) is 19.8. The van der Waals surface area contributed by atoms with Gasteiger partial charge in [0.15, 0.2) is 5.76 Å². The van der Waals surface area contributed by atoms with Gasteiger partial charge in [0.05, 0.1) is 12.3 Å². The number of aromatic nitrogens is 1. The maximum absolute atomic E-state index is 13.5. The quantitative estimate of drug-likeness (QED) is 0.390. The number of nitrogens with one attached hydrogen (secondary N) is 2. The molecule has 0 aliphatic rings. The van der Waals surface area contributed by atoms with Crippen molar-refractivity contribution in [3.8, 4) is 0 Å². The highest BCUT2D eigenvalue weighted by atomic mass is 32.1. The molecule has 1 aromatic carbocycles. The summed E-state index contributed by atoms with van der Waals surface area (Å²) in [7, 11) is 0. The summed E-state index contributed by atoms with van der Waals surface area (Å²) in [5.74, 6) is 0.297. The van der Waals surface area contributed by atoms with Crippen LogP contribution in [0.3, 0.4) is 0 Å². The summed E-state index contributed by atoms with van der Waals surface area (Å²) in [5, 5.41) is 7.10. The smallest absolute Gasteiger partial charge is 0.291 e. The molecule has 0 radical (unpaired) electrons. The number of rotatable bonds is 7. The van der Waals surface area contributed by atoms with E-state index in [1.807, 2.05) is 18.2 Å². The third-order valence-electron chi connectivity index (χ3n) is 4.60. The van der Waals surface area contributed by atoms with Crippen LogP contribution in [0.2, 0.25) is 0 Å². The maximum Gasteiger partial charge on any atom is 0.291 e. The Hall–Kier alpha value is -3.45. The molecule has 7 heteroatoms. The minimum Gasteiger partial charge on any atom is -0.459 e. The van der Waals surface area contributed by atoms with Gasteiger partial charge in [0, 0.05) is 16.6 Å². The Kier molecular flexibility index (Phi) is 5.90. The van der Waals surface area contributed by atoms with Gasteiger partial charge in [0.25, 0.3) is 5.91 Å². The molecule has 4 aromatic rings. The number of benzene rings is 1. The van der Waals surface area contributed by atoms with Gasteiger partial charge in [-0.05, 0) is 54.4 Å². The predicted octanol–water partition coefficient (Wildman–Crippen LogP) is 5.89. The number of pyridine rings is 1. The topological polar surface area (TPSA) is 67.2 Å². The molecule has 2 N–H and O–H groups in total. The Labute approximate surface area is 177 Å². The van der Waals surface area contributed by atoms with Crippen LogP contribution in [0.5, 0.6) is 0 Å². The molecule has 0 bridgehead atoms. The monoisotopic (exact) mass is 421 g/mol. The van der Waals surface area contributed by atoms with E-state index in [1.165, 1.54) is 29.7 Å². The van der Waals surface area contributed by atoms with Gasteiger partial charge in [-0.15, -0.1) is 11.3 Å². The van der Waals surface area contributed by atoms with Gasteiger partial charge < -0.3 is 15.1 Å². The Morgan fingerprint density at radius 1 is 1.17 bits per heavy atom. The van der Waals surface area contributed by atoms with Crippen molar-refractivity contribution in [2.75, 3.05) is 10.6 Å². The van der Waals surface area contributed by atoms with Crippen LogP contribution in [0.1, 0.15) is 39.5 Å². The average Bonchev–Trinajstić information content (AvgIpc) is 3.44. The summed E-state index contributed by atoms with van der Waals surface area (Å²) in [6, 6.07) is 16.9. The number of anilines is 2. The molecular weight excluding hydrogens is 401 g/mol. The van der Waals surface area contributed by atoms with Crippen molar-refractivity contribution in [2.24, 2.45) is 0 Å². The second kappa shape index (κ2) is 8.92. The van der Waals surface area contributed by atoms with Gasteiger partial charge in [-0.3, -0.25) is 4.79 Å². The van der Waals surface area contributed by atoms with E-state index in [9.17, 15) is 9.18 Å². The standard InChI is InChI=1S/C23H20FN3O2S/c1-2-17-14-18(23(30-17)27-22(28)19-6-5-13-29-19)21(15-8-10-16(24)11-9-15)26-20-7-3-4-12-25-20/h3-14,21H,2H2,1H3,(H,25,26)(H,27,28). The zero-order valence-electron chi connectivity index (χ0n) is 16.3. The number of aryl methyl sites for hydroxylation is 1. The summed E-state index contributed by atoms with van der Waals surface area (Å²) >= 11 is 1.51. The van der Waals surface area contributed by atoms with Crippen LogP contribution in [0, 0.1) is 5.82 Å². The molecule has 3 heterocycles. The molecule has 1 unspecified atom stereocenters. The fourth-order valence-electron chi connectivity index (χ4n) is 3.11. The van der Waals surface area contributed by atoms with E-state index in [0.717, 1.165) is 22.4 Å². The van der Waals surface area contributed by atoms with E-state index in [1.54, 1.807) is 30.5 Å². The van der Waals surface area contributed by atoms with E-state index in [2.05, 4.69) is 28.6 Å². The van der Waals surface area contributed by atoms with Crippen molar-refractivity contribution in [3.05, 3.63) is 101 Å². The second-order valence-electron chi connectivity index (χ2n) is 6.63. The Morgan fingerprint density at radius 3 is 2.67 bits per heavy atom. The fraction of sp³-hybridized carbons (Fsp3) is 0.130. The highest BCUT2D eigenvalue weighted by Gasteiger charge is 2.23. The molecule has 5 nitrogen and oxygen atoms in total. The predicted molar refractivity (Wildman–Crippen MR) is 116 cm³/mol. The number of thiophene rings is 1. The normalized spacial score (nSPS) is 11.8. The lowest BCUT2D eigenvalue weighted by Gasteiger charge is -2.21. The molecule has 0 fully saturated rings. The van der Waals surface area contributed by atoms with Crippen LogP contribution >= 0.6 is 11.3 Å². The lowest BCUT2D eigenvalue weighted by Crippen LogP contribution is -2.16. The first-order valence-electron chi connectivity index (χ1n) is 9.54. The van der Waals surface area contributed by atoms with Crippen molar-refractivity contribution in [1.29, 1.82) is 0 Å². The van der Waals surface area contributed by atoms with Crippen molar-refractivity contribution in [3.63, 3.8) is 0 Å². The molecule has 0 saturated heterocycles. The van der Waals surface area contributed by atoms with E-state index in [4.69, 9.17) is 4.42 Å². The van der Waals surface area contributed by atoms with Crippen molar-refractivity contribution < 1.29 is 13.6 Å². The SMILES string of the molecule is CCc1cc(C(Nc2ccccn2)c2ccc(F)cc2)c(NC(=O)c2ccco2)s1. The lowest BCUT2D eigenvalue weighted by molar-refractivity contribution is 0.0997. The molecule has 0 aliphatic heterocycles. The van der Waals surface area contributed by atoms with Crippen LogP contribution in [0.25, 0.3) is 0 Å². The summed E-state index contributed by atoms with van der Waals surface area (Å²) < 4.78 is 18.8. The van der Waals surface area contributed by atoms with Gasteiger partial charge >= 0.3 is 0 Å². The van der Waals surface area contributed by atoms with Crippen LogP contribution in [0.4, 0.5) is 15.2 Å². The van der Waals surface area contributed by atoms with Crippen LogP contribution in [0.15, 0.2) is 77.5 Å². The molecule has 3 aromatic heterocycles. The summed E-state index contributed by atoms with van der Waals surface area (Å²) in [6.45, 7) is 2.06. The van der Waals surface area contributed by atoms with Gasteiger partial charge in [0.2, 0.25) is 0 Å². The van der Waals surface area contributed by atoms with E-state index in [-0.39, 0.29) is 23.5 Å². The Balaban J connectivity index is 1.74. The maximum atomic E-state index is 13.5. The first-order valence-corrected chi connectivity index (χ1v) is 10.4. The molecule has 4 rings (SSSR count). The lowest BCUT2D eigenvalue weighted by atomic mass is 9.99. The zero-order valence-corrected chi connectivity index (χ0v) is 17.1. The van der Waals surface area contributed by atoms with E-state index < -0.39 is 0 Å². The number of hydrogen-bond acceptors (Lipinski definition) is 5. The Bertz CT molecular complexity index is 1110. The number of furan rings is 1. The number of amides is 1. The molecule has 0 aliphatic carbocycles. The molecular formula is C23H20FN3O2S. The van der Waals surface area contributed by atoms with Gasteiger partial charge in [-0.2, -0.15) is 0 Å². The minimum absolute atomic E-state index is 0.239. The second-order valence-corrected chi connectivity index (χ2v) is 7.76. The Morgan fingerprint density at radius 2 is 2.00 bits per heavy atom. The van der Waals surface area contributed by atoms with Gasteiger partial charge in [-0.1, -0.05) is 25.1 Å². The molecule has 30 heavy (non-hydrogen) atoms. The fourth-order valence-corrected chi connectivity index (χ4v) is 4.14. The van der Waals surface area contributed by atoms with Crippen molar-refractivity contribution >= 4 is 28.1 Å². The average molecular weight is 421 g/mol. The first-order chi connectivity index (χ1) is 14.6. The summed E-state index contributed by atoms with van der Waals surface area (Å²) in [6.07, 6.45) is 3.99. The summed E-state index contributed by atoms with van der Waals surface area (Å²) in [5.41, 5.74) is 1.74. The molecule has 0 spiro atoms. The highest BCUT2D eigenvalue weighted by molar-refractivity contribution is 7.16. The van der Waals surface area contributed by atoms with Crippen LogP contribution in [-0.2, 0) is 6.42 Å². The molecule has 1 atom stereocenters. The molecule has 0 saturated carbocycles. The van der Waals surface area contributed by atoms with E-state index in [0.29, 0.717) is 10.8 Å². The minimum atomic E-state index is -0.330. The number of carbonyl (C=O) groups is 1. The summed E-state index contributed by atoms with van der Waals surface area (Å²) in [4.78, 5) is 18.1. The van der Waals surface area contributed by atoms with E-state index >= 15 is 0 Å². The highest BCUT2D eigenvalue weighted by Crippen LogP contribution is 2.38. The van der Waals surface area contributed by atoms with Gasteiger partial charge in [0.1, 0.15) is 16.6 Å². The van der Waals surface area contributed by atoms with Crippen LogP contribution < -0.4 is 10.6 Å². The van der Waals surface area contributed by atoms with Gasteiger partial charge in [-0.25, -0.2) is 9.37 Å². The number of carbonyl (C=O) groups excluding carboxylic acids is 1. The third-order valence-corrected chi connectivity index (χ3v) is 5.81. The van der Waals surface area contributed by atoms with Crippen LogP contribution in [-0.4, -0.2) is 10.9 Å². The van der Waals surface area contributed by atoms with Crippen molar-refractivity contribution in [2.45, 2.75) is 19.4 Å². The molecule has 152 valence electrons. The zero-order chi connectivity index (χ0) is 20.9. The third kappa shape index (κ3) is 4.41. The number of halogens is 1. The number of nitrogens with zero attached hydrogens (tertiary/aromatic N) is 1. The number of hydrogen-bond donors (Lipinski definition) is 2. The largest absolute Gasteiger partial charge is 0.459 e.